The van der Waals surface area contributed by atoms with Crippen molar-refractivity contribution in [3.63, 3.8) is 0 Å². The number of methoxy groups -OCH3 is 1. The van der Waals surface area contributed by atoms with Crippen LogP contribution in [0.2, 0.25) is 0 Å². The lowest BCUT2D eigenvalue weighted by atomic mass is 10.1. The van der Waals surface area contributed by atoms with E-state index in [0.29, 0.717) is 12.2 Å². The summed E-state index contributed by atoms with van der Waals surface area (Å²) < 4.78 is 4.63. The van der Waals surface area contributed by atoms with Crippen LogP contribution in [-0.2, 0) is 11.3 Å². The van der Waals surface area contributed by atoms with E-state index in [4.69, 9.17) is 0 Å². The summed E-state index contributed by atoms with van der Waals surface area (Å²) in [7, 11) is 1.27. The van der Waals surface area contributed by atoms with E-state index in [1.165, 1.54) is 25.3 Å². The van der Waals surface area contributed by atoms with E-state index in [1.807, 2.05) is 17.7 Å². The summed E-state index contributed by atoms with van der Waals surface area (Å²) in [5.74, 6) is -0.528. The molecule has 1 aromatic carbocycles. The number of ether oxygens (including phenoxy) is 1. The van der Waals surface area contributed by atoms with Crippen LogP contribution < -0.4 is 5.32 Å². The molecule has 0 saturated heterocycles. The highest BCUT2D eigenvalue weighted by molar-refractivity contribution is 7.08. The van der Waals surface area contributed by atoms with Gasteiger partial charge >= 0.3 is 5.97 Å². The number of nitrogens with zero attached hydrogens (tertiary/aromatic N) is 1. The Labute approximate surface area is 125 Å². The molecule has 0 radical (unpaired) electrons. The number of hydrogen-bond acceptors (Lipinski definition) is 6. The number of nitrogens with one attached hydrogen (secondary N) is 1. The monoisotopic (exact) mass is 306 g/mol. The van der Waals surface area contributed by atoms with Crippen LogP contribution in [0.25, 0.3) is 0 Å². The second-order valence-corrected chi connectivity index (χ2v) is 5.16. The highest BCUT2D eigenvalue weighted by Crippen LogP contribution is 2.27. The van der Waals surface area contributed by atoms with Gasteiger partial charge in [-0.15, -0.1) is 0 Å². The zero-order chi connectivity index (χ0) is 15.4. The number of aryl methyl sites for hydroxylation is 1. The second kappa shape index (κ2) is 6.36. The van der Waals surface area contributed by atoms with Gasteiger partial charge in [0.05, 0.1) is 17.6 Å². The Morgan fingerprint density at radius 2 is 2.19 bits per heavy atom. The summed E-state index contributed by atoms with van der Waals surface area (Å²) in [5, 5.41) is 18.1. The van der Waals surface area contributed by atoms with Crippen molar-refractivity contribution in [1.29, 1.82) is 0 Å². The second-order valence-electron chi connectivity index (χ2n) is 4.41. The SMILES string of the molecule is COC(=O)c1ccc([N+](=O)[O-])c(NCc2cscc2C)c1. The highest BCUT2D eigenvalue weighted by Gasteiger charge is 2.17. The van der Waals surface area contributed by atoms with Crippen LogP contribution in [-0.4, -0.2) is 18.0 Å². The van der Waals surface area contributed by atoms with Crippen molar-refractivity contribution in [2.24, 2.45) is 0 Å². The first-order valence-corrected chi connectivity index (χ1v) is 7.09. The Morgan fingerprint density at radius 3 is 2.76 bits per heavy atom. The van der Waals surface area contributed by atoms with Gasteiger partial charge < -0.3 is 10.1 Å². The van der Waals surface area contributed by atoms with Crippen molar-refractivity contribution >= 4 is 28.7 Å². The van der Waals surface area contributed by atoms with Crippen LogP contribution in [0.1, 0.15) is 21.5 Å². The van der Waals surface area contributed by atoms with E-state index in [-0.39, 0.29) is 11.3 Å². The summed E-state index contributed by atoms with van der Waals surface area (Å²) >= 11 is 1.58. The average molecular weight is 306 g/mol. The fourth-order valence-electron chi connectivity index (χ4n) is 1.84. The third kappa shape index (κ3) is 3.38. The molecule has 0 saturated carbocycles. The first-order chi connectivity index (χ1) is 10.0. The molecule has 0 bridgehead atoms. The Hall–Kier alpha value is -2.41. The fourth-order valence-corrected chi connectivity index (χ4v) is 2.70. The number of rotatable bonds is 5. The third-order valence-electron chi connectivity index (χ3n) is 3.05. The van der Waals surface area contributed by atoms with E-state index < -0.39 is 10.9 Å². The number of carbonyl (C=O) groups is 1. The average Bonchev–Trinajstić information content (AvgIpc) is 2.89. The zero-order valence-corrected chi connectivity index (χ0v) is 12.4. The molecule has 1 N–H and O–H groups in total. The number of esters is 1. The van der Waals surface area contributed by atoms with Gasteiger partial charge in [0.2, 0.25) is 0 Å². The molecule has 0 aliphatic heterocycles. The number of nitro groups is 1. The number of nitro benzene ring substituents is 1. The number of benzene rings is 1. The van der Waals surface area contributed by atoms with Gasteiger partial charge in [-0.2, -0.15) is 11.3 Å². The maximum atomic E-state index is 11.5. The van der Waals surface area contributed by atoms with Gasteiger partial charge in [-0.25, -0.2) is 4.79 Å². The normalized spacial score (nSPS) is 10.2. The lowest BCUT2D eigenvalue weighted by Gasteiger charge is -2.08. The molecule has 0 amide bonds. The molecule has 2 rings (SSSR count). The molecule has 110 valence electrons. The molecule has 21 heavy (non-hydrogen) atoms. The van der Waals surface area contributed by atoms with Crippen molar-refractivity contribution < 1.29 is 14.5 Å². The predicted octanol–water partition coefficient (Wildman–Crippen LogP) is 3.36. The summed E-state index contributed by atoms with van der Waals surface area (Å²) in [4.78, 5) is 22.1. The van der Waals surface area contributed by atoms with E-state index in [1.54, 1.807) is 11.3 Å². The van der Waals surface area contributed by atoms with Gasteiger partial charge in [0, 0.05) is 12.6 Å². The summed E-state index contributed by atoms with van der Waals surface area (Å²) in [5.41, 5.74) is 2.69. The van der Waals surface area contributed by atoms with Crippen LogP contribution in [0.3, 0.4) is 0 Å². The Balaban J connectivity index is 2.28. The van der Waals surface area contributed by atoms with Crippen molar-refractivity contribution in [2.45, 2.75) is 13.5 Å². The molecule has 1 aromatic heterocycles. The molecule has 0 aliphatic rings. The highest BCUT2D eigenvalue weighted by atomic mass is 32.1. The fraction of sp³-hybridized carbons (Fsp3) is 0.214. The number of anilines is 1. The lowest BCUT2D eigenvalue weighted by Crippen LogP contribution is -2.06. The van der Waals surface area contributed by atoms with Crippen molar-refractivity contribution in [1.82, 2.24) is 0 Å². The molecule has 7 heteroatoms. The maximum Gasteiger partial charge on any atom is 0.337 e. The van der Waals surface area contributed by atoms with Crippen molar-refractivity contribution in [3.8, 4) is 0 Å². The van der Waals surface area contributed by atoms with E-state index in [0.717, 1.165) is 11.1 Å². The third-order valence-corrected chi connectivity index (χ3v) is 3.96. The molecule has 2 aromatic rings. The van der Waals surface area contributed by atoms with E-state index in [2.05, 4.69) is 10.1 Å². The van der Waals surface area contributed by atoms with Crippen LogP contribution >= 0.6 is 11.3 Å². The zero-order valence-electron chi connectivity index (χ0n) is 11.6. The smallest absolute Gasteiger partial charge is 0.337 e. The van der Waals surface area contributed by atoms with Crippen LogP contribution in [0, 0.1) is 17.0 Å². The van der Waals surface area contributed by atoms with Crippen molar-refractivity contribution in [2.75, 3.05) is 12.4 Å². The largest absolute Gasteiger partial charge is 0.465 e. The molecular weight excluding hydrogens is 292 g/mol. The van der Waals surface area contributed by atoms with Crippen LogP contribution in [0.15, 0.2) is 29.0 Å². The molecule has 0 aliphatic carbocycles. The standard InChI is InChI=1S/C14H14N2O4S/c1-9-7-21-8-11(9)6-15-12-5-10(14(17)20-2)3-4-13(12)16(18)19/h3-5,7-8,15H,6H2,1-2H3. The van der Waals surface area contributed by atoms with Gasteiger partial charge in [-0.05, 0) is 40.9 Å². The Bertz CT molecular complexity index is 681. The molecule has 0 atom stereocenters. The molecule has 1 heterocycles. The first kappa shape index (κ1) is 15.0. The Morgan fingerprint density at radius 1 is 1.43 bits per heavy atom. The quantitative estimate of drug-likeness (QED) is 0.520. The molecule has 6 nitrogen and oxygen atoms in total. The molecular formula is C14H14N2O4S. The lowest BCUT2D eigenvalue weighted by molar-refractivity contribution is -0.384. The van der Waals surface area contributed by atoms with Gasteiger partial charge in [-0.1, -0.05) is 0 Å². The predicted molar refractivity (Wildman–Crippen MR) is 80.8 cm³/mol. The summed E-state index contributed by atoms with van der Waals surface area (Å²) in [6.07, 6.45) is 0. The van der Waals surface area contributed by atoms with Crippen molar-refractivity contribution in [3.05, 3.63) is 55.8 Å². The Kier molecular flexibility index (Phi) is 4.54. The number of hydrogen-bond donors (Lipinski definition) is 1. The van der Waals surface area contributed by atoms with Crippen LogP contribution in [0.5, 0.6) is 0 Å². The minimum atomic E-state index is -0.528. The molecule has 0 spiro atoms. The van der Waals surface area contributed by atoms with Gasteiger partial charge in [0.25, 0.3) is 5.69 Å². The number of thiophene rings is 1. The van der Waals surface area contributed by atoms with E-state index in [9.17, 15) is 14.9 Å². The number of carbonyl (C=O) groups excluding carboxylic acids is 1. The maximum absolute atomic E-state index is 11.5. The topological polar surface area (TPSA) is 81.5 Å². The molecule has 0 unspecified atom stereocenters. The summed E-state index contributed by atoms with van der Waals surface area (Å²) in [6, 6.07) is 4.12. The van der Waals surface area contributed by atoms with Gasteiger partial charge in [0.1, 0.15) is 5.69 Å². The van der Waals surface area contributed by atoms with Gasteiger partial charge in [0.15, 0.2) is 0 Å². The van der Waals surface area contributed by atoms with Gasteiger partial charge in [-0.3, -0.25) is 10.1 Å². The molecule has 0 fully saturated rings. The minimum absolute atomic E-state index is 0.0736. The summed E-state index contributed by atoms with van der Waals surface area (Å²) in [6.45, 7) is 2.44. The first-order valence-electron chi connectivity index (χ1n) is 6.15. The van der Waals surface area contributed by atoms with Crippen LogP contribution in [0.4, 0.5) is 11.4 Å². The minimum Gasteiger partial charge on any atom is -0.465 e. The van der Waals surface area contributed by atoms with E-state index >= 15 is 0 Å².